The first-order valence-electron chi connectivity index (χ1n) is 5.15. The van der Waals surface area contributed by atoms with E-state index in [9.17, 15) is 14.4 Å². The maximum Gasteiger partial charge on any atom is 0.327 e. The Morgan fingerprint density at radius 1 is 1.06 bits per heavy atom. The molecular formula is C9H16N4O5. The van der Waals surface area contributed by atoms with Crippen LogP contribution in [0.5, 0.6) is 0 Å². The van der Waals surface area contributed by atoms with Crippen molar-refractivity contribution in [2.24, 2.45) is 0 Å². The predicted octanol–water partition coefficient (Wildman–Crippen LogP) is -1.92. The Labute approximate surface area is 104 Å². The van der Waals surface area contributed by atoms with E-state index in [2.05, 4.69) is 10.6 Å². The van der Waals surface area contributed by atoms with Gasteiger partial charge in [-0.15, -0.1) is 0 Å². The summed E-state index contributed by atoms with van der Waals surface area (Å²) < 4.78 is 9.78. The van der Waals surface area contributed by atoms with Gasteiger partial charge in [-0.1, -0.05) is 0 Å². The number of nitrogens with zero attached hydrogens (tertiary/aromatic N) is 2. The van der Waals surface area contributed by atoms with E-state index in [0.717, 1.165) is 0 Å². The first-order chi connectivity index (χ1) is 8.71. The van der Waals surface area contributed by atoms with E-state index in [1.165, 1.54) is 24.0 Å². The number of carbonyl (C=O) groups excluding carboxylic acids is 3. The van der Waals surface area contributed by atoms with Gasteiger partial charge in [-0.3, -0.25) is 19.4 Å². The number of nitrogens with one attached hydrogen (secondary N) is 2. The second-order valence-electron chi connectivity index (χ2n) is 3.52. The number of amides is 4. The van der Waals surface area contributed by atoms with Crippen LogP contribution in [-0.2, 0) is 19.1 Å². The highest BCUT2D eigenvalue weighted by molar-refractivity contribution is 5.78. The van der Waals surface area contributed by atoms with Gasteiger partial charge in [0.15, 0.2) is 0 Å². The molecule has 0 aromatic rings. The molecule has 0 bridgehead atoms. The minimum atomic E-state index is -0.713. The van der Waals surface area contributed by atoms with Gasteiger partial charge in [0.2, 0.25) is 12.8 Å². The van der Waals surface area contributed by atoms with Crippen molar-refractivity contribution >= 4 is 18.9 Å². The normalized spacial score (nSPS) is 23.1. The smallest absolute Gasteiger partial charge is 0.327 e. The van der Waals surface area contributed by atoms with Gasteiger partial charge in [0, 0.05) is 14.2 Å². The molecule has 1 aliphatic rings. The molecule has 102 valence electrons. The third kappa shape index (κ3) is 2.68. The molecule has 1 saturated heterocycles. The Morgan fingerprint density at radius 3 is 1.72 bits per heavy atom. The quantitative estimate of drug-likeness (QED) is 0.495. The third-order valence-corrected chi connectivity index (χ3v) is 2.48. The second-order valence-corrected chi connectivity index (χ2v) is 3.52. The molecule has 1 rings (SSSR count). The summed E-state index contributed by atoms with van der Waals surface area (Å²) in [6, 6.07) is -0.405. The van der Waals surface area contributed by atoms with Gasteiger partial charge in [-0.25, -0.2) is 4.79 Å². The molecule has 9 nitrogen and oxygen atoms in total. The molecule has 1 heterocycles. The van der Waals surface area contributed by atoms with Crippen LogP contribution in [0, 0.1) is 0 Å². The summed E-state index contributed by atoms with van der Waals surface area (Å²) in [6.45, 7) is -0.0246. The highest BCUT2D eigenvalue weighted by Gasteiger charge is 2.45. The summed E-state index contributed by atoms with van der Waals surface area (Å²) in [4.78, 5) is 35.7. The Morgan fingerprint density at radius 2 is 1.44 bits per heavy atom. The van der Waals surface area contributed by atoms with E-state index >= 15 is 0 Å². The first-order valence-corrected chi connectivity index (χ1v) is 5.15. The molecule has 0 spiro atoms. The average molecular weight is 260 g/mol. The minimum absolute atomic E-state index is 0.0123. The molecule has 2 unspecified atom stereocenters. The van der Waals surface area contributed by atoms with Crippen LogP contribution in [0.1, 0.15) is 0 Å². The SMILES string of the molecule is COCN1C(=O)N(COC)C(NC=O)C1NC=O. The van der Waals surface area contributed by atoms with Gasteiger partial charge in [-0.2, -0.15) is 0 Å². The second kappa shape index (κ2) is 6.77. The molecular weight excluding hydrogens is 244 g/mol. The number of hydrogen-bond donors (Lipinski definition) is 2. The average Bonchev–Trinajstić information content (AvgIpc) is 2.58. The number of rotatable bonds is 8. The van der Waals surface area contributed by atoms with Crippen molar-refractivity contribution in [1.29, 1.82) is 0 Å². The minimum Gasteiger partial charge on any atom is -0.364 e. The van der Waals surface area contributed by atoms with Crippen molar-refractivity contribution < 1.29 is 23.9 Å². The zero-order valence-corrected chi connectivity index (χ0v) is 10.2. The lowest BCUT2D eigenvalue weighted by Gasteiger charge is -2.25. The number of carbonyl (C=O) groups is 3. The Hall–Kier alpha value is -1.87. The fourth-order valence-corrected chi connectivity index (χ4v) is 1.79. The lowest BCUT2D eigenvalue weighted by Crippen LogP contribution is -2.54. The summed E-state index contributed by atoms with van der Waals surface area (Å²) in [5.41, 5.74) is 0. The van der Waals surface area contributed by atoms with Crippen LogP contribution in [0.4, 0.5) is 4.79 Å². The van der Waals surface area contributed by atoms with E-state index in [-0.39, 0.29) is 13.5 Å². The molecule has 0 aromatic carbocycles. The van der Waals surface area contributed by atoms with Crippen LogP contribution in [0.15, 0.2) is 0 Å². The Kier molecular flexibility index (Phi) is 5.33. The number of hydrogen-bond acceptors (Lipinski definition) is 5. The lowest BCUT2D eigenvalue weighted by molar-refractivity contribution is -0.114. The van der Waals surface area contributed by atoms with Gasteiger partial charge in [0.25, 0.3) is 0 Å². The summed E-state index contributed by atoms with van der Waals surface area (Å²) in [5, 5.41) is 4.92. The zero-order chi connectivity index (χ0) is 13.5. The summed E-state index contributed by atoms with van der Waals surface area (Å²) >= 11 is 0. The van der Waals surface area contributed by atoms with Gasteiger partial charge in [-0.05, 0) is 0 Å². The van der Waals surface area contributed by atoms with Crippen molar-refractivity contribution in [3.8, 4) is 0 Å². The van der Waals surface area contributed by atoms with Gasteiger partial charge < -0.3 is 20.1 Å². The third-order valence-electron chi connectivity index (χ3n) is 2.48. The van der Waals surface area contributed by atoms with Crippen molar-refractivity contribution in [2.45, 2.75) is 12.3 Å². The predicted molar refractivity (Wildman–Crippen MR) is 58.8 cm³/mol. The molecule has 2 atom stereocenters. The largest absolute Gasteiger partial charge is 0.364 e. The van der Waals surface area contributed by atoms with Crippen LogP contribution < -0.4 is 10.6 Å². The van der Waals surface area contributed by atoms with Crippen molar-refractivity contribution in [3.63, 3.8) is 0 Å². The van der Waals surface area contributed by atoms with E-state index in [1.54, 1.807) is 0 Å². The number of methoxy groups -OCH3 is 2. The van der Waals surface area contributed by atoms with Crippen LogP contribution in [-0.4, -0.2) is 68.7 Å². The maximum atomic E-state index is 12.0. The van der Waals surface area contributed by atoms with E-state index in [4.69, 9.17) is 9.47 Å². The molecule has 1 fully saturated rings. The Balaban J connectivity index is 2.94. The number of urea groups is 1. The first kappa shape index (κ1) is 14.2. The molecule has 0 radical (unpaired) electrons. The summed E-state index contributed by atoms with van der Waals surface area (Å²) in [7, 11) is 2.85. The molecule has 0 saturated carbocycles. The molecule has 2 N–H and O–H groups in total. The topological polar surface area (TPSA) is 100 Å². The Bertz CT molecular complexity index is 285. The fraction of sp³-hybridized carbons (Fsp3) is 0.667. The van der Waals surface area contributed by atoms with Gasteiger partial charge in [0.1, 0.15) is 25.8 Å². The van der Waals surface area contributed by atoms with Crippen LogP contribution >= 0.6 is 0 Å². The van der Waals surface area contributed by atoms with E-state index in [1.807, 2.05) is 0 Å². The number of ether oxygens (including phenoxy) is 2. The molecule has 4 amide bonds. The molecule has 18 heavy (non-hydrogen) atoms. The standard InChI is InChI=1S/C9H16N4O5/c1-17-5-12-7(10-3-14)8(11-4-15)13(6-18-2)9(12)16/h3-4,7-8H,5-6H2,1-2H3,(H,10,14)(H,11,15). The van der Waals surface area contributed by atoms with Crippen molar-refractivity contribution in [2.75, 3.05) is 27.7 Å². The molecule has 0 aliphatic carbocycles. The highest BCUT2D eigenvalue weighted by atomic mass is 16.5. The molecule has 9 heteroatoms. The molecule has 0 aromatic heterocycles. The van der Waals surface area contributed by atoms with Gasteiger partial charge >= 0.3 is 6.03 Å². The van der Waals surface area contributed by atoms with Crippen LogP contribution in [0.25, 0.3) is 0 Å². The van der Waals surface area contributed by atoms with Crippen molar-refractivity contribution in [1.82, 2.24) is 20.4 Å². The van der Waals surface area contributed by atoms with Crippen LogP contribution in [0.3, 0.4) is 0 Å². The van der Waals surface area contributed by atoms with Gasteiger partial charge in [0.05, 0.1) is 0 Å². The van der Waals surface area contributed by atoms with Crippen LogP contribution in [0.2, 0.25) is 0 Å². The highest BCUT2D eigenvalue weighted by Crippen LogP contribution is 2.19. The monoisotopic (exact) mass is 260 g/mol. The zero-order valence-electron chi connectivity index (χ0n) is 10.2. The molecule has 1 aliphatic heterocycles. The summed E-state index contributed by atoms with van der Waals surface area (Å²) in [5.74, 6) is 0. The van der Waals surface area contributed by atoms with E-state index in [0.29, 0.717) is 12.8 Å². The fourth-order valence-electron chi connectivity index (χ4n) is 1.79. The van der Waals surface area contributed by atoms with Crippen molar-refractivity contribution in [3.05, 3.63) is 0 Å². The summed E-state index contributed by atoms with van der Waals surface area (Å²) in [6.07, 6.45) is -0.516. The van der Waals surface area contributed by atoms with E-state index < -0.39 is 18.4 Å². The maximum absolute atomic E-state index is 12.0. The lowest BCUT2D eigenvalue weighted by atomic mass is 10.3.